The number of benzene rings is 1. The molecule has 3 rings (SSSR count). The number of nitrogens with zero attached hydrogens (tertiary/aromatic N) is 1. The van der Waals surface area contributed by atoms with Crippen LogP contribution in [0.5, 0.6) is 0 Å². The smallest absolute Gasteiger partial charge is 0.253 e. The number of rotatable bonds is 4. The van der Waals surface area contributed by atoms with Crippen LogP contribution in [0.15, 0.2) is 46.1 Å². The number of pyridine rings is 1. The van der Waals surface area contributed by atoms with Gasteiger partial charge in [-0.1, -0.05) is 26.8 Å². The van der Waals surface area contributed by atoms with Crippen LogP contribution in [0.25, 0.3) is 10.9 Å². The Balaban J connectivity index is 1.89. The van der Waals surface area contributed by atoms with Crippen LogP contribution in [0.1, 0.15) is 27.7 Å². The SMILES string of the molecule is CC(Nc1c(Nc2ccc3ncccc3c2)c(=O)c1=O)C(C)(C)C. The highest BCUT2D eigenvalue weighted by Crippen LogP contribution is 2.27. The summed E-state index contributed by atoms with van der Waals surface area (Å²) in [5.74, 6) is 0. The molecule has 0 aliphatic heterocycles. The molecule has 1 heterocycles. The molecule has 2 aromatic carbocycles. The van der Waals surface area contributed by atoms with E-state index in [-0.39, 0.29) is 11.5 Å². The first kappa shape index (κ1) is 16.2. The third-order valence-corrected chi connectivity index (χ3v) is 4.44. The zero-order valence-electron chi connectivity index (χ0n) is 14.3. The summed E-state index contributed by atoms with van der Waals surface area (Å²) in [6, 6.07) is 9.52. The van der Waals surface area contributed by atoms with E-state index in [4.69, 9.17) is 0 Å². The fourth-order valence-electron chi connectivity index (χ4n) is 2.38. The molecule has 1 atom stereocenters. The van der Waals surface area contributed by atoms with Crippen molar-refractivity contribution in [1.82, 2.24) is 4.98 Å². The fraction of sp³-hybridized carbons (Fsp3) is 0.316. The van der Waals surface area contributed by atoms with Crippen molar-refractivity contribution in [2.75, 3.05) is 10.6 Å². The number of anilines is 3. The van der Waals surface area contributed by atoms with Crippen molar-refractivity contribution in [3.63, 3.8) is 0 Å². The van der Waals surface area contributed by atoms with Gasteiger partial charge in [-0.15, -0.1) is 0 Å². The molecule has 3 aromatic rings. The minimum atomic E-state index is -0.482. The number of aromatic nitrogens is 1. The first-order valence-electron chi connectivity index (χ1n) is 7.99. The average molecular weight is 323 g/mol. The Bertz CT molecular complexity index is 963. The lowest BCUT2D eigenvalue weighted by atomic mass is 9.87. The van der Waals surface area contributed by atoms with E-state index in [0.717, 1.165) is 16.6 Å². The first-order valence-corrected chi connectivity index (χ1v) is 7.99. The molecule has 2 N–H and O–H groups in total. The standard InChI is InChI=1S/C19H21N3O2/c1-11(19(2,3)4)21-15-16(18(24)17(15)23)22-13-7-8-14-12(10-13)6-5-9-20-14/h5-11,21-22H,1-4H3. The van der Waals surface area contributed by atoms with Gasteiger partial charge in [0.25, 0.3) is 10.9 Å². The minimum Gasteiger partial charge on any atom is -0.377 e. The van der Waals surface area contributed by atoms with Gasteiger partial charge < -0.3 is 10.6 Å². The molecule has 0 bridgehead atoms. The van der Waals surface area contributed by atoms with Crippen LogP contribution < -0.4 is 21.5 Å². The fourth-order valence-corrected chi connectivity index (χ4v) is 2.38. The predicted molar refractivity (Wildman–Crippen MR) is 98.9 cm³/mol. The molecule has 0 spiro atoms. The van der Waals surface area contributed by atoms with Crippen LogP contribution in [-0.4, -0.2) is 11.0 Å². The van der Waals surface area contributed by atoms with E-state index in [0.29, 0.717) is 11.4 Å². The van der Waals surface area contributed by atoms with E-state index < -0.39 is 10.9 Å². The second-order valence-electron chi connectivity index (χ2n) is 7.18. The van der Waals surface area contributed by atoms with E-state index in [2.05, 4.69) is 36.4 Å². The molecule has 0 fully saturated rings. The van der Waals surface area contributed by atoms with E-state index in [9.17, 15) is 9.59 Å². The molecule has 5 heteroatoms. The number of nitrogens with one attached hydrogen (secondary N) is 2. The van der Waals surface area contributed by atoms with Gasteiger partial charge in [-0.25, -0.2) is 0 Å². The summed E-state index contributed by atoms with van der Waals surface area (Å²) in [6.07, 6.45) is 1.74. The number of hydrogen-bond donors (Lipinski definition) is 2. The van der Waals surface area contributed by atoms with E-state index in [1.807, 2.05) is 37.3 Å². The molecule has 124 valence electrons. The molecular weight excluding hydrogens is 302 g/mol. The van der Waals surface area contributed by atoms with Crippen molar-refractivity contribution in [2.45, 2.75) is 33.7 Å². The van der Waals surface area contributed by atoms with Gasteiger partial charge in [0.15, 0.2) is 0 Å². The van der Waals surface area contributed by atoms with E-state index >= 15 is 0 Å². The molecule has 1 aromatic heterocycles. The Labute approximate surface area is 140 Å². The van der Waals surface area contributed by atoms with Crippen molar-refractivity contribution in [3.8, 4) is 0 Å². The summed E-state index contributed by atoms with van der Waals surface area (Å²) in [5.41, 5.74) is 1.38. The second kappa shape index (κ2) is 5.74. The molecule has 0 saturated heterocycles. The Kier molecular flexibility index (Phi) is 3.87. The van der Waals surface area contributed by atoms with Crippen LogP contribution in [0.2, 0.25) is 0 Å². The quantitative estimate of drug-likeness (QED) is 0.720. The largest absolute Gasteiger partial charge is 0.377 e. The Morgan fingerprint density at radius 1 is 1.04 bits per heavy atom. The third kappa shape index (κ3) is 2.89. The predicted octanol–water partition coefficient (Wildman–Crippen LogP) is 3.42. The van der Waals surface area contributed by atoms with Crippen molar-refractivity contribution in [1.29, 1.82) is 0 Å². The molecule has 0 radical (unpaired) electrons. The maximum atomic E-state index is 11.9. The summed E-state index contributed by atoms with van der Waals surface area (Å²) in [5, 5.41) is 7.23. The van der Waals surface area contributed by atoms with Gasteiger partial charge in [-0.2, -0.15) is 0 Å². The monoisotopic (exact) mass is 323 g/mol. The van der Waals surface area contributed by atoms with Crippen LogP contribution in [0, 0.1) is 5.41 Å². The third-order valence-electron chi connectivity index (χ3n) is 4.44. The van der Waals surface area contributed by atoms with Crippen LogP contribution in [0.4, 0.5) is 17.1 Å². The summed E-state index contributed by atoms with van der Waals surface area (Å²) in [6.45, 7) is 8.25. The lowest BCUT2D eigenvalue weighted by molar-refractivity contribution is 0.359. The first-order chi connectivity index (χ1) is 11.3. The lowest BCUT2D eigenvalue weighted by Gasteiger charge is -2.30. The van der Waals surface area contributed by atoms with Crippen LogP contribution in [0.3, 0.4) is 0 Å². The highest BCUT2D eigenvalue weighted by atomic mass is 16.2. The minimum absolute atomic E-state index is 0.0222. The molecule has 5 nitrogen and oxygen atoms in total. The molecule has 1 unspecified atom stereocenters. The normalized spacial score (nSPS) is 13.2. The van der Waals surface area contributed by atoms with Crippen LogP contribution in [-0.2, 0) is 0 Å². The molecule has 0 aliphatic rings. The van der Waals surface area contributed by atoms with Crippen molar-refractivity contribution in [3.05, 3.63) is 57.0 Å². The zero-order valence-corrected chi connectivity index (χ0v) is 14.3. The Morgan fingerprint density at radius 2 is 1.75 bits per heavy atom. The maximum absolute atomic E-state index is 11.9. The molecule has 0 saturated carbocycles. The molecule has 0 amide bonds. The topological polar surface area (TPSA) is 71.1 Å². The van der Waals surface area contributed by atoms with Crippen LogP contribution >= 0.6 is 0 Å². The second-order valence-corrected chi connectivity index (χ2v) is 7.18. The molecule has 24 heavy (non-hydrogen) atoms. The molecular formula is C19H21N3O2. The van der Waals surface area contributed by atoms with E-state index in [1.54, 1.807) is 6.20 Å². The van der Waals surface area contributed by atoms with Gasteiger partial charge in [-0.05, 0) is 36.6 Å². The lowest BCUT2D eigenvalue weighted by Crippen LogP contribution is -2.41. The highest BCUT2D eigenvalue weighted by molar-refractivity contribution is 5.85. The van der Waals surface area contributed by atoms with Crippen molar-refractivity contribution in [2.24, 2.45) is 5.41 Å². The van der Waals surface area contributed by atoms with E-state index in [1.165, 1.54) is 0 Å². The summed E-state index contributed by atoms with van der Waals surface area (Å²) < 4.78 is 0. The summed E-state index contributed by atoms with van der Waals surface area (Å²) in [7, 11) is 0. The van der Waals surface area contributed by atoms with Gasteiger partial charge in [0.2, 0.25) is 0 Å². The Morgan fingerprint density at radius 3 is 2.46 bits per heavy atom. The maximum Gasteiger partial charge on any atom is 0.253 e. The van der Waals surface area contributed by atoms with Gasteiger partial charge >= 0.3 is 0 Å². The average Bonchev–Trinajstić information content (AvgIpc) is 2.56. The zero-order chi connectivity index (χ0) is 17.5. The number of hydrogen-bond acceptors (Lipinski definition) is 5. The number of fused-ring (bicyclic) bond motifs is 1. The Hall–Kier alpha value is -2.69. The summed E-state index contributed by atoms with van der Waals surface area (Å²) in [4.78, 5) is 28.1. The van der Waals surface area contributed by atoms with Gasteiger partial charge in [0, 0.05) is 23.3 Å². The van der Waals surface area contributed by atoms with Crippen molar-refractivity contribution < 1.29 is 0 Å². The van der Waals surface area contributed by atoms with Crippen molar-refractivity contribution >= 4 is 28.0 Å². The summed E-state index contributed by atoms with van der Waals surface area (Å²) >= 11 is 0. The van der Waals surface area contributed by atoms with Gasteiger partial charge in [0.1, 0.15) is 11.4 Å². The van der Waals surface area contributed by atoms with Gasteiger partial charge in [0.05, 0.1) is 5.52 Å². The molecule has 0 aliphatic carbocycles. The highest BCUT2D eigenvalue weighted by Gasteiger charge is 2.26. The van der Waals surface area contributed by atoms with Gasteiger partial charge in [-0.3, -0.25) is 14.6 Å².